The highest BCUT2D eigenvalue weighted by Gasteiger charge is 2.49. The number of likely N-dealkylation sites (tertiary alicyclic amines) is 1. The minimum Gasteiger partial charge on any atom is -0.441 e. The van der Waals surface area contributed by atoms with E-state index in [-0.39, 0.29) is 12.0 Å². The maximum Gasteiger partial charge on any atom is 0.410 e. The Morgan fingerprint density at radius 3 is 2.46 bits per heavy atom. The molecule has 28 heavy (non-hydrogen) atoms. The maximum absolute atomic E-state index is 12.9. The zero-order valence-electron chi connectivity index (χ0n) is 16.4. The van der Waals surface area contributed by atoms with Crippen molar-refractivity contribution < 1.29 is 14.3 Å². The van der Waals surface area contributed by atoms with Crippen LogP contribution in [0.4, 0.5) is 4.79 Å². The smallest absolute Gasteiger partial charge is 0.410 e. The van der Waals surface area contributed by atoms with Crippen LogP contribution in [0, 0.1) is 0 Å². The molecule has 7 nitrogen and oxygen atoms in total. The molecule has 3 heterocycles. The summed E-state index contributed by atoms with van der Waals surface area (Å²) in [5.41, 5.74) is 6.40. The summed E-state index contributed by atoms with van der Waals surface area (Å²) in [4.78, 5) is 29.0. The van der Waals surface area contributed by atoms with Gasteiger partial charge in [0.25, 0.3) is 0 Å². The molecule has 3 aliphatic rings. The summed E-state index contributed by atoms with van der Waals surface area (Å²) in [6.07, 6.45) is 3.30. The average Bonchev–Trinajstić information content (AvgIpc) is 3.02. The highest BCUT2D eigenvalue weighted by atomic mass is 16.6. The SMILES string of the molecule is NC1(C(=O)N2CCC3(CC2)CN(CCc2ccccc2)C(=O)O3)CCNCC1. The molecule has 3 fully saturated rings. The van der Waals surface area contributed by atoms with Crippen molar-refractivity contribution in [1.82, 2.24) is 15.1 Å². The van der Waals surface area contributed by atoms with E-state index in [0.29, 0.717) is 51.9 Å². The van der Waals surface area contributed by atoms with Crippen LogP contribution in [-0.4, -0.2) is 72.2 Å². The van der Waals surface area contributed by atoms with Gasteiger partial charge in [0.1, 0.15) is 5.60 Å². The molecule has 0 saturated carbocycles. The van der Waals surface area contributed by atoms with Crippen LogP contribution in [0.5, 0.6) is 0 Å². The molecule has 0 radical (unpaired) electrons. The van der Waals surface area contributed by atoms with Gasteiger partial charge < -0.3 is 25.6 Å². The third-order valence-electron chi connectivity index (χ3n) is 6.44. The summed E-state index contributed by atoms with van der Waals surface area (Å²) in [6.45, 7) is 4.04. The van der Waals surface area contributed by atoms with Crippen molar-refractivity contribution in [3.8, 4) is 0 Å². The molecule has 1 spiro atoms. The third-order valence-corrected chi connectivity index (χ3v) is 6.44. The molecule has 7 heteroatoms. The van der Waals surface area contributed by atoms with Crippen LogP contribution in [-0.2, 0) is 16.0 Å². The van der Waals surface area contributed by atoms with Crippen molar-refractivity contribution in [2.75, 3.05) is 39.3 Å². The predicted octanol–water partition coefficient (Wildman–Crippen LogP) is 1.12. The number of piperidine rings is 2. The van der Waals surface area contributed by atoms with Gasteiger partial charge in [-0.25, -0.2) is 4.79 Å². The molecule has 3 saturated heterocycles. The highest BCUT2D eigenvalue weighted by molar-refractivity contribution is 5.86. The van der Waals surface area contributed by atoms with Gasteiger partial charge in [-0.2, -0.15) is 0 Å². The Hall–Kier alpha value is -2.12. The maximum atomic E-state index is 12.9. The molecule has 2 amide bonds. The molecule has 0 unspecified atom stereocenters. The van der Waals surface area contributed by atoms with E-state index in [9.17, 15) is 9.59 Å². The van der Waals surface area contributed by atoms with E-state index in [1.54, 1.807) is 0 Å². The Kier molecular flexibility index (Phi) is 5.29. The first-order valence-electron chi connectivity index (χ1n) is 10.3. The lowest BCUT2D eigenvalue weighted by Crippen LogP contribution is -2.62. The standard InChI is InChI=1S/C21H30N4O3/c22-21(7-11-23-12-8-21)18(26)24-14-9-20(10-15-24)16-25(19(27)28-20)13-6-17-4-2-1-3-5-17/h1-5,23H,6-16,22H2. The van der Waals surface area contributed by atoms with Crippen molar-refractivity contribution in [2.45, 2.75) is 43.2 Å². The Bertz CT molecular complexity index is 710. The first-order chi connectivity index (χ1) is 13.5. The van der Waals surface area contributed by atoms with Gasteiger partial charge in [0.15, 0.2) is 0 Å². The van der Waals surface area contributed by atoms with Crippen LogP contribution in [0.3, 0.4) is 0 Å². The second-order valence-electron chi connectivity index (χ2n) is 8.41. The molecule has 0 aliphatic carbocycles. The number of carbonyl (C=O) groups is 2. The number of carbonyl (C=O) groups excluding carboxylic acids is 2. The predicted molar refractivity (Wildman–Crippen MR) is 106 cm³/mol. The summed E-state index contributed by atoms with van der Waals surface area (Å²) >= 11 is 0. The number of hydrogen-bond donors (Lipinski definition) is 2. The fraction of sp³-hybridized carbons (Fsp3) is 0.619. The van der Waals surface area contributed by atoms with Crippen LogP contribution in [0.25, 0.3) is 0 Å². The lowest BCUT2D eigenvalue weighted by atomic mass is 9.85. The zero-order chi connectivity index (χ0) is 19.6. The Balaban J connectivity index is 1.31. The molecule has 4 rings (SSSR count). The number of nitrogens with two attached hydrogens (primary N) is 1. The molecule has 0 atom stereocenters. The van der Waals surface area contributed by atoms with Gasteiger partial charge in [0.2, 0.25) is 5.91 Å². The normalized spacial score (nSPS) is 23.7. The topological polar surface area (TPSA) is 87.9 Å². The number of amides is 2. The average molecular weight is 386 g/mol. The number of nitrogens with zero attached hydrogens (tertiary/aromatic N) is 2. The largest absolute Gasteiger partial charge is 0.441 e. The molecule has 0 aromatic heterocycles. The molecule has 1 aromatic carbocycles. The number of hydrogen-bond acceptors (Lipinski definition) is 5. The number of benzene rings is 1. The minimum atomic E-state index is -0.746. The Morgan fingerprint density at radius 1 is 1.11 bits per heavy atom. The van der Waals surface area contributed by atoms with Crippen molar-refractivity contribution in [1.29, 1.82) is 0 Å². The minimum absolute atomic E-state index is 0.0501. The first-order valence-corrected chi connectivity index (χ1v) is 10.3. The van der Waals surface area contributed by atoms with Crippen molar-refractivity contribution in [3.05, 3.63) is 35.9 Å². The monoisotopic (exact) mass is 386 g/mol. The summed E-state index contributed by atoms with van der Waals surface area (Å²) in [5.74, 6) is 0.0501. The van der Waals surface area contributed by atoms with E-state index in [0.717, 1.165) is 19.5 Å². The molecule has 0 bridgehead atoms. The fourth-order valence-electron chi connectivity index (χ4n) is 4.55. The summed E-state index contributed by atoms with van der Waals surface area (Å²) in [7, 11) is 0. The molecular weight excluding hydrogens is 356 g/mol. The van der Waals surface area contributed by atoms with Crippen LogP contribution in [0.2, 0.25) is 0 Å². The van der Waals surface area contributed by atoms with Crippen LogP contribution in [0.15, 0.2) is 30.3 Å². The molecule has 1 aromatic rings. The van der Waals surface area contributed by atoms with Gasteiger partial charge in [-0.15, -0.1) is 0 Å². The second kappa shape index (κ2) is 7.72. The number of ether oxygens (including phenoxy) is 1. The van der Waals surface area contributed by atoms with E-state index in [2.05, 4.69) is 17.4 Å². The van der Waals surface area contributed by atoms with Gasteiger partial charge in [-0.1, -0.05) is 30.3 Å². The van der Waals surface area contributed by atoms with E-state index >= 15 is 0 Å². The number of rotatable bonds is 4. The second-order valence-corrected chi connectivity index (χ2v) is 8.41. The fourth-order valence-corrected chi connectivity index (χ4v) is 4.55. The summed E-state index contributed by atoms with van der Waals surface area (Å²) in [6, 6.07) is 10.2. The van der Waals surface area contributed by atoms with Gasteiger partial charge in [0.05, 0.1) is 12.1 Å². The van der Waals surface area contributed by atoms with Crippen molar-refractivity contribution in [2.24, 2.45) is 5.73 Å². The molecular formula is C21H30N4O3. The Morgan fingerprint density at radius 2 is 1.79 bits per heavy atom. The number of nitrogens with one attached hydrogen (secondary N) is 1. The lowest BCUT2D eigenvalue weighted by Gasteiger charge is -2.42. The summed E-state index contributed by atoms with van der Waals surface area (Å²) < 4.78 is 5.80. The first kappa shape index (κ1) is 19.2. The van der Waals surface area contributed by atoms with Gasteiger partial charge >= 0.3 is 6.09 Å². The van der Waals surface area contributed by atoms with Crippen molar-refractivity contribution >= 4 is 12.0 Å². The Labute approximate surface area is 166 Å². The molecule has 152 valence electrons. The van der Waals surface area contributed by atoms with Gasteiger partial charge in [0, 0.05) is 32.5 Å². The van der Waals surface area contributed by atoms with Gasteiger partial charge in [-0.05, 0) is 37.9 Å². The van der Waals surface area contributed by atoms with E-state index in [1.165, 1.54) is 5.56 Å². The summed E-state index contributed by atoms with van der Waals surface area (Å²) in [5, 5.41) is 3.26. The van der Waals surface area contributed by atoms with Crippen molar-refractivity contribution in [3.63, 3.8) is 0 Å². The van der Waals surface area contributed by atoms with Gasteiger partial charge in [-0.3, -0.25) is 4.79 Å². The highest BCUT2D eigenvalue weighted by Crippen LogP contribution is 2.34. The van der Waals surface area contributed by atoms with E-state index in [1.807, 2.05) is 28.0 Å². The van der Waals surface area contributed by atoms with E-state index < -0.39 is 11.1 Å². The lowest BCUT2D eigenvalue weighted by molar-refractivity contribution is -0.141. The zero-order valence-corrected chi connectivity index (χ0v) is 16.4. The van der Waals surface area contributed by atoms with Crippen LogP contribution < -0.4 is 11.1 Å². The quantitative estimate of drug-likeness (QED) is 0.810. The third kappa shape index (κ3) is 3.86. The van der Waals surface area contributed by atoms with Crippen LogP contribution in [0.1, 0.15) is 31.2 Å². The molecule has 3 N–H and O–H groups in total. The van der Waals surface area contributed by atoms with E-state index in [4.69, 9.17) is 10.5 Å². The van der Waals surface area contributed by atoms with Crippen LogP contribution >= 0.6 is 0 Å². The molecule has 3 aliphatic heterocycles.